The van der Waals surface area contributed by atoms with Gasteiger partial charge in [-0.3, -0.25) is 4.79 Å². The molecule has 2 aromatic carbocycles. The quantitative estimate of drug-likeness (QED) is 0.870. The average molecular weight is 278 g/mol. The number of halogens is 2. The Bertz CT molecular complexity index is 613. The van der Waals surface area contributed by atoms with Crippen LogP contribution in [-0.2, 0) is 17.6 Å². The van der Waals surface area contributed by atoms with E-state index >= 15 is 0 Å². The maximum absolute atomic E-state index is 13.0. The molecule has 0 unspecified atom stereocenters. The van der Waals surface area contributed by atoms with Gasteiger partial charge >= 0.3 is 0 Å². The molecule has 0 saturated heterocycles. The Morgan fingerprint density at radius 3 is 2.42 bits per heavy atom. The van der Waals surface area contributed by atoms with Crippen LogP contribution in [0.5, 0.6) is 0 Å². The maximum Gasteiger partial charge on any atom is 0.141 e. The van der Waals surface area contributed by atoms with E-state index in [1.807, 2.05) is 12.1 Å². The molecule has 0 aliphatic rings. The number of anilines is 1. The Morgan fingerprint density at radius 2 is 1.79 bits per heavy atom. The molecule has 0 fully saturated rings. The van der Waals surface area contributed by atoms with Gasteiger partial charge in [0.2, 0.25) is 0 Å². The van der Waals surface area contributed by atoms with Crippen molar-refractivity contribution in [3.8, 4) is 0 Å². The van der Waals surface area contributed by atoms with Gasteiger partial charge in [0.1, 0.15) is 11.6 Å². The van der Waals surface area contributed by atoms with Crippen LogP contribution in [0.15, 0.2) is 42.5 Å². The third kappa shape index (κ3) is 3.80. The third-order valence-corrected chi connectivity index (χ3v) is 3.03. The summed E-state index contributed by atoms with van der Waals surface area (Å²) in [6.07, 6.45) is 0.537. The van der Waals surface area contributed by atoms with E-state index in [1.165, 1.54) is 12.1 Å². The van der Waals surface area contributed by atoms with Crippen LogP contribution in [0, 0.1) is 5.82 Å². The summed E-state index contributed by atoms with van der Waals surface area (Å²) in [4.78, 5) is 11.9. The number of nitrogens with two attached hydrogens (primary N) is 1. The van der Waals surface area contributed by atoms with Crippen molar-refractivity contribution >= 4 is 23.1 Å². The Hall–Kier alpha value is -1.87. The van der Waals surface area contributed by atoms with Crippen molar-refractivity contribution in [1.82, 2.24) is 0 Å². The van der Waals surface area contributed by atoms with Gasteiger partial charge in [0, 0.05) is 18.5 Å². The number of ketones is 1. The van der Waals surface area contributed by atoms with Crippen molar-refractivity contribution < 1.29 is 9.18 Å². The van der Waals surface area contributed by atoms with E-state index in [0.29, 0.717) is 17.7 Å². The van der Waals surface area contributed by atoms with Crippen molar-refractivity contribution in [2.75, 3.05) is 5.73 Å². The maximum atomic E-state index is 13.0. The highest BCUT2D eigenvalue weighted by Crippen LogP contribution is 2.17. The van der Waals surface area contributed by atoms with Crippen LogP contribution >= 0.6 is 11.6 Å². The van der Waals surface area contributed by atoms with Gasteiger partial charge < -0.3 is 5.73 Å². The molecular weight excluding hydrogens is 265 g/mol. The molecular formula is C15H13ClFNO. The van der Waals surface area contributed by atoms with E-state index in [-0.39, 0.29) is 17.2 Å². The first-order valence-corrected chi connectivity index (χ1v) is 6.22. The van der Waals surface area contributed by atoms with Gasteiger partial charge in [0.25, 0.3) is 0 Å². The third-order valence-electron chi connectivity index (χ3n) is 2.74. The molecule has 0 atom stereocenters. The molecule has 0 aliphatic carbocycles. The number of hydrogen-bond donors (Lipinski definition) is 1. The fourth-order valence-electron chi connectivity index (χ4n) is 1.87. The van der Waals surface area contributed by atoms with Crippen LogP contribution in [0.2, 0.25) is 5.02 Å². The van der Waals surface area contributed by atoms with E-state index in [1.54, 1.807) is 18.2 Å². The minimum Gasteiger partial charge on any atom is -0.399 e. The lowest BCUT2D eigenvalue weighted by atomic mass is 10.0. The molecule has 0 bridgehead atoms. The minimum atomic E-state index is -0.478. The monoisotopic (exact) mass is 277 g/mol. The topological polar surface area (TPSA) is 43.1 Å². The number of benzene rings is 2. The number of carbonyl (C=O) groups is 1. The Kier molecular flexibility index (Phi) is 4.17. The molecule has 19 heavy (non-hydrogen) atoms. The lowest BCUT2D eigenvalue weighted by Crippen LogP contribution is -2.07. The fourth-order valence-corrected chi connectivity index (χ4v) is 2.07. The molecule has 0 saturated carbocycles. The van der Waals surface area contributed by atoms with Crippen LogP contribution < -0.4 is 5.73 Å². The van der Waals surface area contributed by atoms with Crippen LogP contribution in [0.4, 0.5) is 10.1 Å². The second-order valence-corrected chi connectivity index (χ2v) is 4.79. The second-order valence-electron chi connectivity index (χ2n) is 4.39. The highest BCUT2D eigenvalue weighted by Gasteiger charge is 2.07. The lowest BCUT2D eigenvalue weighted by Gasteiger charge is -2.04. The largest absolute Gasteiger partial charge is 0.399 e. The Labute approximate surface area is 116 Å². The summed E-state index contributed by atoms with van der Waals surface area (Å²) in [5.74, 6) is -0.443. The summed E-state index contributed by atoms with van der Waals surface area (Å²) in [6, 6.07) is 11.5. The van der Waals surface area contributed by atoms with E-state index in [2.05, 4.69) is 0 Å². The average Bonchev–Trinajstić information content (AvgIpc) is 2.34. The number of hydrogen-bond acceptors (Lipinski definition) is 2. The van der Waals surface area contributed by atoms with Crippen molar-refractivity contribution in [2.24, 2.45) is 0 Å². The first-order chi connectivity index (χ1) is 9.04. The first-order valence-electron chi connectivity index (χ1n) is 5.84. The van der Waals surface area contributed by atoms with Crippen molar-refractivity contribution in [1.29, 1.82) is 0 Å². The van der Waals surface area contributed by atoms with Crippen molar-refractivity contribution in [3.63, 3.8) is 0 Å². The summed E-state index contributed by atoms with van der Waals surface area (Å²) in [7, 11) is 0. The smallest absolute Gasteiger partial charge is 0.141 e. The van der Waals surface area contributed by atoms with E-state index < -0.39 is 5.82 Å². The predicted octanol–water partition coefficient (Wildman–Crippen LogP) is 3.42. The zero-order chi connectivity index (χ0) is 13.8. The van der Waals surface area contributed by atoms with Gasteiger partial charge in [0.15, 0.2) is 0 Å². The number of carbonyl (C=O) groups excluding carboxylic acids is 1. The van der Waals surface area contributed by atoms with Crippen molar-refractivity contribution in [3.05, 3.63) is 64.4 Å². The highest BCUT2D eigenvalue weighted by atomic mass is 35.5. The summed E-state index contributed by atoms with van der Waals surface area (Å²) in [5.41, 5.74) is 7.87. The Balaban J connectivity index is 2.03. The molecule has 0 radical (unpaired) electrons. The van der Waals surface area contributed by atoms with E-state index in [4.69, 9.17) is 17.3 Å². The zero-order valence-corrected chi connectivity index (χ0v) is 11.0. The van der Waals surface area contributed by atoms with Crippen LogP contribution in [0.25, 0.3) is 0 Å². The molecule has 2 N–H and O–H groups in total. The number of nitrogen functional groups attached to an aromatic ring is 1. The SMILES string of the molecule is Nc1cccc(CC(=O)Cc2ccc(F)c(Cl)c2)c1. The Morgan fingerprint density at radius 1 is 1.11 bits per heavy atom. The summed E-state index contributed by atoms with van der Waals surface area (Å²) in [6.45, 7) is 0. The molecule has 98 valence electrons. The molecule has 4 heteroatoms. The minimum absolute atomic E-state index is 0.0354. The summed E-state index contributed by atoms with van der Waals surface area (Å²) in [5, 5.41) is 0.0363. The molecule has 0 amide bonds. The van der Waals surface area contributed by atoms with Crippen LogP contribution in [-0.4, -0.2) is 5.78 Å². The summed E-state index contributed by atoms with van der Waals surface area (Å²) < 4.78 is 13.0. The lowest BCUT2D eigenvalue weighted by molar-refractivity contribution is -0.117. The van der Waals surface area contributed by atoms with E-state index in [9.17, 15) is 9.18 Å². The zero-order valence-electron chi connectivity index (χ0n) is 10.2. The number of Topliss-reactive ketones (excluding diaryl/α,β-unsaturated/α-hetero) is 1. The van der Waals surface area contributed by atoms with Gasteiger partial charge in [-0.15, -0.1) is 0 Å². The van der Waals surface area contributed by atoms with Crippen molar-refractivity contribution in [2.45, 2.75) is 12.8 Å². The standard InChI is InChI=1S/C15H13ClFNO/c16-14-9-11(4-5-15(14)17)8-13(19)7-10-2-1-3-12(18)6-10/h1-6,9H,7-8,18H2. The normalized spacial score (nSPS) is 10.4. The highest BCUT2D eigenvalue weighted by molar-refractivity contribution is 6.30. The first kappa shape index (κ1) is 13.6. The second kappa shape index (κ2) is 5.85. The predicted molar refractivity (Wildman–Crippen MR) is 74.7 cm³/mol. The molecule has 2 aromatic rings. The van der Waals surface area contributed by atoms with Gasteiger partial charge in [-0.2, -0.15) is 0 Å². The van der Waals surface area contributed by atoms with Gasteiger partial charge in [-0.05, 0) is 35.4 Å². The molecule has 0 aliphatic heterocycles. The molecule has 2 rings (SSSR count). The van der Waals surface area contributed by atoms with E-state index in [0.717, 1.165) is 5.56 Å². The molecule has 0 heterocycles. The van der Waals surface area contributed by atoms with Gasteiger partial charge in [-0.25, -0.2) is 4.39 Å². The molecule has 2 nitrogen and oxygen atoms in total. The van der Waals surface area contributed by atoms with Crippen LogP contribution in [0.3, 0.4) is 0 Å². The fraction of sp³-hybridized carbons (Fsp3) is 0.133. The van der Waals surface area contributed by atoms with Crippen LogP contribution in [0.1, 0.15) is 11.1 Å². The summed E-state index contributed by atoms with van der Waals surface area (Å²) >= 11 is 5.68. The van der Waals surface area contributed by atoms with Gasteiger partial charge in [0.05, 0.1) is 5.02 Å². The van der Waals surface area contributed by atoms with Gasteiger partial charge in [-0.1, -0.05) is 29.8 Å². The number of rotatable bonds is 4. The molecule has 0 spiro atoms. The molecule has 0 aromatic heterocycles.